The SMILES string of the molecule is CCN(CC)c1onc(-c2ccccc2)c1CN(CC1CCCO1)C(=O)COC. The Labute approximate surface area is 172 Å². The third kappa shape index (κ3) is 5.16. The number of carbonyl (C=O) groups is 1. The number of anilines is 1. The normalized spacial score (nSPS) is 16.2. The van der Waals surface area contributed by atoms with Crippen molar-refractivity contribution in [1.82, 2.24) is 10.1 Å². The molecule has 1 saturated heterocycles. The van der Waals surface area contributed by atoms with Crippen molar-refractivity contribution in [3.8, 4) is 11.3 Å². The molecule has 1 unspecified atom stereocenters. The van der Waals surface area contributed by atoms with Crippen LogP contribution < -0.4 is 4.90 Å². The topological polar surface area (TPSA) is 68.0 Å². The van der Waals surface area contributed by atoms with Gasteiger partial charge in [0.2, 0.25) is 11.8 Å². The van der Waals surface area contributed by atoms with Crippen LogP contribution in [0.4, 0.5) is 5.88 Å². The molecule has 1 aliphatic heterocycles. The van der Waals surface area contributed by atoms with Crippen LogP contribution in [0.15, 0.2) is 34.9 Å². The highest BCUT2D eigenvalue weighted by Crippen LogP contribution is 2.32. The van der Waals surface area contributed by atoms with E-state index < -0.39 is 0 Å². The standard InChI is InChI=1S/C22H31N3O4/c1-4-24(5-2)22-19(21(23-29-22)17-10-7-6-8-11-17)15-25(20(26)16-27-3)14-18-12-9-13-28-18/h6-8,10-11,18H,4-5,9,12-16H2,1-3H3. The van der Waals surface area contributed by atoms with E-state index >= 15 is 0 Å². The summed E-state index contributed by atoms with van der Waals surface area (Å²) in [6.07, 6.45) is 2.06. The number of hydrogen-bond acceptors (Lipinski definition) is 6. The molecular weight excluding hydrogens is 370 g/mol. The quantitative estimate of drug-likeness (QED) is 0.608. The Morgan fingerprint density at radius 1 is 1.24 bits per heavy atom. The molecule has 1 aromatic carbocycles. The molecule has 0 bridgehead atoms. The average molecular weight is 402 g/mol. The van der Waals surface area contributed by atoms with Crippen molar-refractivity contribution in [2.45, 2.75) is 39.3 Å². The van der Waals surface area contributed by atoms with Gasteiger partial charge in [-0.15, -0.1) is 0 Å². The number of ether oxygens (including phenoxy) is 2. The molecule has 1 fully saturated rings. The van der Waals surface area contributed by atoms with Gasteiger partial charge in [0, 0.05) is 38.9 Å². The number of aromatic nitrogens is 1. The average Bonchev–Trinajstić information content (AvgIpc) is 3.40. The second-order valence-corrected chi connectivity index (χ2v) is 7.20. The Bertz CT molecular complexity index is 768. The Balaban J connectivity index is 1.95. The zero-order valence-electron chi connectivity index (χ0n) is 17.6. The van der Waals surface area contributed by atoms with E-state index in [9.17, 15) is 4.79 Å². The fourth-order valence-electron chi connectivity index (χ4n) is 3.72. The van der Waals surface area contributed by atoms with E-state index in [4.69, 9.17) is 14.0 Å². The summed E-state index contributed by atoms with van der Waals surface area (Å²) >= 11 is 0. The van der Waals surface area contributed by atoms with Crippen molar-refractivity contribution in [3.63, 3.8) is 0 Å². The summed E-state index contributed by atoms with van der Waals surface area (Å²) in [4.78, 5) is 16.7. The van der Waals surface area contributed by atoms with Gasteiger partial charge in [0.25, 0.3) is 0 Å². The molecule has 0 aliphatic carbocycles. The Hall–Kier alpha value is -2.38. The lowest BCUT2D eigenvalue weighted by Crippen LogP contribution is -2.39. The molecule has 2 heterocycles. The van der Waals surface area contributed by atoms with E-state index in [0.29, 0.717) is 13.1 Å². The minimum absolute atomic E-state index is 0.0409. The zero-order valence-corrected chi connectivity index (χ0v) is 17.6. The molecule has 1 atom stereocenters. The molecule has 3 rings (SSSR count). The number of amides is 1. The van der Waals surface area contributed by atoms with E-state index in [1.807, 2.05) is 35.2 Å². The molecular formula is C22H31N3O4. The van der Waals surface area contributed by atoms with E-state index in [2.05, 4.69) is 23.9 Å². The van der Waals surface area contributed by atoms with E-state index in [1.54, 1.807) is 0 Å². The molecule has 0 N–H and O–H groups in total. The minimum atomic E-state index is -0.0614. The molecule has 1 aliphatic rings. The van der Waals surface area contributed by atoms with Crippen molar-refractivity contribution >= 4 is 11.8 Å². The lowest BCUT2D eigenvalue weighted by Gasteiger charge is -2.27. The predicted molar refractivity (Wildman–Crippen MR) is 112 cm³/mol. The zero-order chi connectivity index (χ0) is 20.6. The maximum absolute atomic E-state index is 12.8. The molecule has 29 heavy (non-hydrogen) atoms. The monoisotopic (exact) mass is 401 g/mol. The van der Waals surface area contributed by atoms with Crippen LogP contribution in [0.3, 0.4) is 0 Å². The van der Waals surface area contributed by atoms with Gasteiger partial charge in [-0.25, -0.2) is 0 Å². The number of carbonyl (C=O) groups excluding carboxylic acids is 1. The molecule has 0 radical (unpaired) electrons. The van der Waals surface area contributed by atoms with Gasteiger partial charge in [-0.05, 0) is 26.7 Å². The largest absolute Gasteiger partial charge is 0.376 e. The van der Waals surface area contributed by atoms with Gasteiger partial charge in [0.1, 0.15) is 12.3 Å². The third-order valence-corrected chi connectivity index (χ3v) is 5.28. The minimum Gasteiger partial charge on any atom is -0.376 e. The molecule has 1 aromatic heterocycles. The summed E-state index contributed by atoms with van der Waals surface area (Å²) in [5, 5.41) is 4.38. The highest BCUT2D eigenvalue weighted by Gasteiger charge is 2.28. The lowest BCUT2D eigenvalue weighted by atomic mass is 10.1. The van der Waals surface area contributed by atoms with Gasteiger partial charge in [0.05, 0.1) is 18.2 Å². The molecule has 158 valence electrons. The Morgan fingerprint density at radius 3 is 2.62 bits per heavy atom. The maximum atomic E-state index is 12.8. The second-order valence-electron chi connectivity index (χ2n) is 7.20. The molecule has 7 nitrogen and oxygen atoms in total. The maximum Gasteiger partial charge on any atom is 0.248 e. The van der Waals surface area contributed by atoms with Gasteiger partial charge < -0.3 is 23.8 Å². The summed E-state index contributed by atoms with van der Waals surface area (Å²) < 4.78 is 16.7. The van der Waals surface area contributed by atoms with Crippen molar-refractivity contribution in [2.75, 3.05) is 44.9 Å². The third-order valence-electron chi connectivity index (χ3n) is 5.28. The van der Waals surface area contributed by atoms with Crippen LogP contribution in [0.2, 0.25) is 0 Å². The molecule has 0 saturated carbocycles. The predicted octanol–water partition coefficient (Wildman–Crippen LogP) is 3.34. The van der Waals surface area contributed by atoms with Crippen molar-refractivity contribution in [1.29, 1.82) is 0 Å². The fourth-order valence-corrected chi connectivity index (χ4v) is 3.72. The van der Waals surface area contributed by atoms with E-state index in [-0.39, 0.29) is 18.6 Å². The van der Waals surface area contributed by atoms with Gasteiger partial charge in [0.15, 0.2) is 0 Å². The summed E-state index contributed by atoms with van der Waals surface area (Å²) in [6, 6.07) is 9.94. The summed E-state index contributed by atoms with van der Waals surface area (Å²) in [5.74, 6) is 0.658. The fraction of sp³-hybridized carbons (Fsp3) is 0.545. The lowest BCUT2D eigenvalue weighted by molar-refractivity contribution is -0.137. The second kappa shape index (κ2) is 10.4. The van der Waals surface area contributed by atoms with Gasteiger partial charge >= 0.3 is 0 Å². The first kappa shape index (κ1) is 21.3. The van der Waals surface area contributed by atoms with Crippen LogP contribution in [-0.4, -0.2) is 62.0 Å². The number of nitrogens with zero attached hydrogens (tertiary/aromatic N) is 3. The Morgan fingerprint density at radius 2 is 2.00 bits per heavy atom. The van der Waals surface area contributed by atoms with Crippen LogP contribution >= 0.6 is 0 Å². The number of hydrogen-bond donors (Lipinski definition) is 0. The first-order valence-corrected chi connectivity index (χ1v) is 10.3. The molecule has 2 aromatic rings. The van der Waals surface area contributed by atoms with Crippen molar-refractivity contribution in [3.05, 3.63) is 35.9 Å². The van der Waals surface area contributed by atoms with Gasteiger partial charge in [-0.2, -0.15) is 0 Å². The summed E-state index contributed by atoms with van der Waals surface area (Å²) in [6.45, 7) is 7.50. The van der Waals surface area contributed by atoms with Crippen LogP contribution in [0.25, 0.3) is 11.3 Å². The first-order valence-electron chi connectivity index (χ1n) is 10.3. The number of methoxy groups -OCH3 is 1. The summed E-state index contributed by atoms with van der Waals surface area (Å²) in [5.41, 5.74) is 2.67. The van der Waals surface area contributed by atoms with Crippen molar-refractivity contribution < 1.29 is 18.8 Å². The smallest absolute Gasteiger partial charge is 0.248 e. The van der Waals surface area contributed by atoms with Crippen LogP contribution in [0, 0.1) is 0 Å². The van der Waals surface area contributed by atoms with Crippen LogP contribution in [-0.2, 0) is 20.8 Å². The van der Waals surface area contributed by atoms with Gasteiger partial charge in [-0.3, -0.25) is 4.79 Å². The number of rotatable bonds is 10. The number of benzene rings is 1. The highest BCUT2D eigenvalue weighted by atomic mass is 16.5. The Kier molecular flexibility index (Phi) is 7.66. The van der Waals surface area contributed by atoms with Crippen LogP contribution in [0.5, 0.6) is 0 Å². The summed E-state index contributed by atoms with van der Waals surface area (Å²) in [7, 11) is 1.54. The van der Waals surface area contributed by atoms with Gasteiger partial charge in [-0.1, -0.05) is 35.5 Å². The molecule has 1 amide bonds. The molecule has 0 spiro atoms. The van der Waals surface area contributed by atoms with Crippen molar-refractivity contribution in [2.24, 2.45) is 0 Å². The van der Waals surface area contributed by atoms with E-state index in [0.717, 1.165) is 55.2 Å². The first-order chi connectivity index (χ1) is 14.2. The van der Waals surface area contributed by atoms with E-state index in [1.165, 1.54) is 7.11 Å². The molecule has 7 heteroatoms. The highest BCUT2D eigenvalue weighted by molar-refractivity contribution is 5.78. The van der Waals surface area contributed by atoms with Crippen LogP contribution in [0.1, 0.15) is 32.3 Å².